The first-order valence-corrected chi connectivity index (χ1v) is 7.83. The van der Waals surface area contributed by atoms with Crippen LogP contribution in [-0.4, -0.2) is 31.8 Å². The molecule has 0 radical (unpaired) electrons. The van der Waals surface area contributed by atoms with Crippen LogP contribution in [0.3, 0.4) is 0 Å². The summed E-state index contributed by atoms with van der Waals surface area (Å²) < 4.78 is 0. The van der Waals surface area contributed by atoms with Gasteiger partial charge in [-0.05, 0) is 23.6 Å². The smallest absolute Gasteiger partial charge is 1.00 e. The average molecular weight is 646 g/mol. The van der Waals surface area contributed by atoms with Crippen LogP contribution in [0.4, 0.5) is 0 Å². The van der Waals surface area contributed by atoms with Crippen LogP contribution in [0.25, 0.3) is 21.7 Å². The maximum absolute atomic E-state index is 10.2. The van der Waals surface area contributed by atoms with Crippen molar-refractivity contribution in [2.75, 3.05) is 0 Å². The van der Waals surface area contributed by atoms with E-state index in [1.807, 2.05) is 24.4 Å². The number of pyridine rings is 1. The minimum atomic E-state index is -1.50. The monoisotopic (exact) mass is 645 g/mol. The van der Waals surface area contributed by atoms with Crippen molar-refractivity contribution in [1.29, 1.82) is 0 Å². The summed E-state index contributed by atoms with van der Waals surface area (Å²) in [4.78, 5) is 23.0. The van der Waals surface area contributed by atoms with Gasteiger partial charge in [0.25, 0.3) is 5.09 Å². The average Bonchev–Trinajstić information content (AvgIpc) is 2.69. The van der Waals surface area contributed by atoms with Gasteiger partial charge in [-0.3, -0.25) is 4.98 Å². The topological polar surface area (TPSA) is 214 Å². The second kappa shape index (κ2) is 18.6. The van der Waals surface area contributed by atoms with E-state index in [-0.39, 0.29) is 51.2 Å². The molecule has 32 heavy (non-hydrogen) atoms. The SMILES string of the molecule is N.N.O=C(O)c1ccccc1.O=[N+]([O-])O.[Cl-].[OH-].[Pt+4].c1ccc2c(c1)cnc1ccccc12. The van der Waals surface area contributed by atoms with Crippen LogP contribution in [0.1, 0.15) is 10.4 Å². The molecule has 3 aromatic carbocycles. The van der Waals surface area contributed by atoms with Gasteiger partial charge in [-0.2, -0.15) is 0 Å². The van der Waals surface area contributed by atoms with Crippen molar-refractivity contribution in [2.24, 2.45) is 0 Å². The van der Waals surface area contributed by atoms with Gasteiger partial charge in [-0.25, -0.2) is 4.79 Å². The number of aromatic carboxylic acids is 1. The van der Waals surface area contributed by atoms with Gasteiger partial charge in [0, 0.05) is 17.0 Å². The van der Waals surface area contributed by atoms with Crippen LogP contribution in [0.5, 0.6) is 0 Å². The van der Waals surface area contributed by atoms with Gasteiger partial charge in [-0.1, -0.05) is 60.7 Å². The van der Waals surface area contributed by atoms with E-state index in [1.54, 1.807) is 30.3 Å². The first-order chi connectivity index (χ1) is 13.0. The molecule has 0 bridgehead atoms. The van der Waals surface area contributed by atoms with E-state index in [0.717, 1.165) is 5.52 Å². The molecule has 1 aromatic heterocycles. The maximum atomic E-state index is 10.2. The van der Waals surface area contributed by atoms with E-state index >= 15 is 0 Å². The normalized spacial score (nSPS) is 8.00. The van der Waals surface area contributed by atoms with E-state index in [0.29, 0.717) is 5.56 Å². The summed E-state index contributed by atoms with van der Waals surface area (Å²) in [7, 11) is 0. The molecule has 0 saturated carbocycles. The predicted molar refractivity (Wildman–Crippen MR) is 113 cm³/mol. The van der Waals surface area contributed by atoms with Gasteiger partial charge in [0.2, 0.25) is 0 Å². The minimum Gasteiger partial charge on any atom is -1.00 e. The quantitative estimate of drug-likeness (QED) is 0.134. The van der Waals surface area contributed by atoms with Crippen LogP contribution in [0.2, 0.25) is 0 Å². The number of hydrogen-bond acceptors (Lipinski definition) is 7. The van der Waals surface area contributed by atoms with Gasteiger partial charge in [0.1, 0.15) is 0 Å². The Morgan fingerprint density at radius 1 is 0.844 bits per heavy atom. The Hall–Kier alpha value is -3.14. The summed E-state index contributed by atoms with van der Waals surface area (Å²) in [5.74, 6) is -0.879. The van der Waals surface area contributed by atoms with Crippen LogP contribution in [0, 0.1) is 10.1 Å². The second-order valence-corrected chi connectivity index (χ2v) is 5.27. The largest absolute Gasteiger partial charge is 4.00 e. The summed E-state index contributed by atoms with van der Waals surface area (Å²) in [5, 5.41) is 25.7. The Morgan fingerprint density at radius 2 is 1.28 bits per heavy atom. The molecular formula is C20H23ClN4O6Pt+2. The van der Waals surface area contributed by atoms with E-state index in [2.05, 4.69) is 35.3 Å². The Balaban J connectivity index is -0.000000194. The molecule has 4 aromatic rings. The van der Waals surface area contributed by atoms with Crippen LogP contribution in [-0.2, 0) is 21.1 Å². The zero-order chi connectivity index (χ0) is 19.6. The van der Waals surface area contributed by atoms with E-state index < -0.39 is 11.1 Å². The zero-order valence-electron chi connectivity index (χ0n) is 16.7. The molecular weight excluding hydrogens is 623 g/mol. The molecule has 12 heteroatoms. The molecule has 10 nitrogen and oxygen atoms in total. The third-order valence-electron chi connectivity index (χ3n) is 3.52. The molecule has 0 aliphatic heterocycles. The third kappa shape index (κ3) is 11.3. The number of nitrogens with zero attached hydrogens (tertiary/aromatic N) is 2. The minimum absolute atomic E-state index is 0. The number of halogens is 1. The first kappa shape index (κ1) is 36.2. The number of para-hydroxylation sites is 1. The van der Waals surface area contributed by atoms with Gasteiger partial charge in [0.15, 0.2) is 0 Å². The molecule has 0 atom stereocenters. The van der Waals surface area contributed by atoms with Crippen molar-refractivity contribution in [1.82, 2.24) is 17.3 Å². The second-order valence-electron chi connectivity index (χ2n) is 5.27. The number of carbonyl (C=O) groups is 1. The maximum Gasteiger partial charge on any atom is 4.00 e. The number of carboxylic acid groups (broad SMARTS) is 1. The van der Waals surface area contributed by atoms with Gasteiger partial charge in [-0.15, -0.1) is 10.1 Å². The van der Waals surface area contributed by atoms with Crippen LogP contribution < -0.4 is 24.7 Å². The molecule has 174 valence electrons. The molecule has 9 N–H and O–H groups in total. The van der Waals surface area contributed by atoms with Crippen molar-refractivity contribution in [3.05, 3.63) is 101 Å². The van der Waals surface area contributed by atoms with Gasteiger partial charge < -0.3 is 40.5 Å². The Kier molecular flexibility index (Phi) is 21.1. The Morgan fingerprint density at radius 3 is 1.78 bits per heavy atom. The molecule has 0 aliphatic rings. The molecule has 0 spiro atoms. The third-order valence-corrected chi connectivity index (χ3v) is 3.52. The number of rotatable bonds is 1. The standard InChI is InChI=1S/C13H9N.C7H6O2.ClH.HNO3.2H3N.H2O.Pt/c1-2-6-11-10(5-1)9-14-13-8-4-3-7-12(11)13;8-7(9)6-4-2-1-3-5-6;;2-1(3)4;;;;/h1-9H;1-5H,(H,8,9);1H;(H,2,3,4);2*1H3;1H2;/q;;;;;;;+4/p-2. The van der Waals surface area contributed by atoms with Crippen molar-refractivity contribution >= 4 is 27.6 Å². The molecule has 4 rings (SSSR count). The number of aromatic nitrogens is 1. The fraction of sp³-hybridized carbons (Fsp3) is 0. The number of benzene rings is 3. The molecule has 0 amide bonds. The fourth-order valence-electron chi connectivity index (χ4n) is 2.39. The van der Waals surface area contributed by atoms with E-state index in [4.69, 9.17) is 20.4 Å². The fourth-order valence-corrected chi connectivity index (χ4v) is 2.39. The summed E-state index contributed by atoms with van der Waals surface area (Å²) in [6.45, 7) is 0. The molecule has 0 fully saturated rings. The summed E-state index contributed by atoms with van der Waals surface area (Å²) in [6.07, 6.45) is 1.93. The van der Waals surface area contributed by atoms with Crippen LogP contribution >= 0.6 is 0 Å². The summed E-state index contributed by atoms with van der Waals surface area (Å²) in [6, 6.07) is 24.9. The van der Waals surface area contributed by atoms with E-state index in [9.17, 15) is 4.79 Å². The summed E-state index contributed by atoms with van der Waals surface area (Å²) in [5.41, 5.74) is 1.39. The van der Waals surface area contributed by atoms with Gasteiger partial charge in [0.05, 0.1) is 11.1 Å². The Labute approximate surface area is 204 Å². The Bertz CT molecular complexity index is 1010. The van der Waals surface area contributed by atoms with E-state index in [1.165, 1.54) is 16.2 Å². The van der Waals surface area contributed by atoms with Gasteiger partial charge >= 0.3 is 27.0 Å². The molecule has 1 heterocycles. The van der Waals surface area contributed by atoms with Crippen molar-refractivity contribution in [3.8, 4) is 0 Å². The molecule has 0 unspecified atom stereocenters. The molecule has 0 saturated heterocycles. The van der Waals surface area contributed by atoms with Crippen molar-refractivity contribution < 1.29 is 59.1 Å². The number of carboxylic acids is 1. The number of fused-ring (bicyclic) bond motifs is 3. The predicted octanol–water partition coefficient (Wildman–Crippen LogP) is 1.57. The first-order valence-electron chi connectivity index (χ1n) is 7.83. The van der Waals surface area contributed by atoms with Crippen LogP contribution in [0.15, 0.2) is 85.1 Å². The number of hydrogen-bond donors (Lipinski definition) is 4. The molecule has 0 aliphatic carbocycles. The summed E-state index contributed by atoms with van der Waals surface area (Å²) >= 11 is 0. The van der Waals surface area contributed by atoms with Crippen molar-refractivity contribution in [3.63, 3.8) is 0 Å². The van der Waals surface area contributed by atoms with Crippen molar-refractivity contribution in [2.45, 2.75) is 0 Å². The zero-order valence-corrected chi connectivity index (χ0v) is 19.7.